The van der Waals surface area contributed by atoms with Crippen LogP contribution in [0.15, 0.2) is 5.10 Å². The lowest BCUT2D eigenvalue weighted by Crippen LogP contribution is -2.28. The van der Waals surface area contributed by atoms with Gasteiger partial charge in [-0.1, -0.05) is 0 Å². The molecule has 0 bridgehead atoms. The van der Waals surface area contributed by atoms with Gasteiger partial charge in [0.1, 0.15) is 0 Å². The van der Waals surface area contributed by atoms with Gasteiger partial charge >= 0.3 is 0 Å². The fraction of sp³-hybridized carbons (Fsp3) is 0.750. The van der Waals surface area contributed by atoms with Crippen molar-refractivity contribution >= 4 is 12.5 Å². The number of carbonyl (C=O) groups excluding carboxylic acids is 1. The van der Waals surface area contributed by atoms with Gasteiger partial charge in [-0.2, -0.15) is 5.10 Å². The molecule has 0 aromatic carbocycles. The van der Waals surface area contributed by atoms with E-state index < -0.39 is 0 Å². The maximum absolute atomic E-state index is 10.0. The van der Waals surface area contributed by atoms with Crippen LogP contribution in [-0.2, 0) is 9.53 Å². The molecule has 0 amide bonds. The van der Waals surface area contributed by atoms with E-state index in [0.717, 1.165) is 19.4 Å². The fourth-order valence-corrected chi connectivity index (χ4v) is 1.45. The first kappa shape index (κ1) is 9.19. The molecule has 1 heterocycles. The second kappa shape index (κ2) is 4.87. The van der Waals surface area contributed by atoms with Crippen LogP contribution in [0.4, 0.5) is 0 Å². The first-order valence-electron chi connectivity index (χ1n) is 4.12. The second-order valence-electron chi connectivity index (χ2n) is 2.82. The monoisotopic (exact) mass is 170 g/mol. The average molecular weight is 170 g/mol. The molecule has 0 radical (unpaired) electrons. The summed E-state index contributed by atoms with van der Waals surface area (Å²) >= 11 is 0. The molecule has 0 N–H and O–H groups in total. The number of carbonyl (C=O) groups is 1. The molecule has 12 heavy (non-hydrogen) atoms. The Hall–Kier alpha value is -0.900. The normalized spacial score (nSPS) is 23.8. The molecule has 1 fully saturated rings. The van der Waals surface area contributed by atoms with Crippen molar-refractivity contribution in [3.63, 3.8) is 0 Å². The largest absolute Gasteiger partial charge is 0.382 e. The van der Waals surface area contributed by atoms with E-state index >= 15 is 0 Å². The SMILES string of the molecule is COCC1CCCN1/N=C/C=O. The van der Waals surface area contributed by atoms with Gasteiger partial charge in [0.15, 0.2) is 6.29 Å². The minimum absolute atomic E-state index is 0.353. The van der Waals surface area contributed by atoms with Crippen LogP contribution in [-0.4, -0.2) is 43.8 Å². The standard InChI is InChI=1S/C8H14N2O2/c1-12-7-8-3-2-5-10(8)9-4-6-11/h4,6,8H,2-3,5,7H2,1H3/b9-4+. The predicted octanol–water partition coefficient (Wildman–Crippen LogP) is 0.282. The summed E-state index contributed by atoms with van der Waals surface area (Å²) in [5, 5.41) is 5.92. The molecule has 1 saturated heterocycles. The molecule has 68 valence electrons. The van der Waals surface area contributed by atoms with Gasteiger partial charge in [-0.15, -0.1) is 0 Å². The number of hydrazone groups is 1. The van der Waals surface area contributed by atoms with E-state index in [1.807, 2.05) is 5.01 Å². The van der Waals surface area contributed by atoms with E-state index in [2.05, 4.69) is 5.10 Å². The van der Waals surface area contributed by atoms with Crippen LogP contribution < -0.4 is 0 Å². The van der Waals surface area contributed by atoms with Crippen molar-refractivity contribution in [3.05, 3.63) is 0 Å². The third-order valence-corrected chi connectivity index (χ3v) is 1.98. The summed E-state index contributed by atoms with van der Waals surface area (Å²) in [5.74, 6) is 0. The van der Waals surface area contributed by atoms with Crippen molar-refractivity contribution in [2.24, 2.45) is 5.10 Å². The minimum Gasteiger partial charge on any atom is -0.382 e. The van der Waals surface area contributed by atoms with Crippen LogP contribution >= 0.6 is 0 Å². The zero-order valence-corrected chi connectivity index (χ0v) is 7.27. The number of nitrogens with zero attached hydrogens (tertiary/aromatic N) is 2. The molecule has 1 atom stereocenters. The molecule has 4 heteroatoms. The van der Waals surface area contributed by atoms with Gasteiger partial charge in [0.2, 0.25) is 0 Å². The molecule has 4 nitrogen and oxygen atoms in total. The number of hydrogen-bond donors (Lipinski definition) is 0. The van der Waals surface area contributed by atoms with Crippen molar-refractivity contribution in [3.8, 4) is 0 Å². The van der Waals surface area contributed by atoms with E-state index in [0.29, 0.717) is 18.9 Å². The molecule has 0 saturated carbocycles. The van der Waals surface area contributed by atoms with Gasteiger partial charge in [0.25, 0.3) is 0 Å². The minimum atomic E-state index is 0.353. The van der Waals surface area contributed by atoms with Crippen LogP contribution in [0.5, 0.6) is 0 Å². The first-order valence-corrected chi connectivity index (χ1v) is 4.12. The van der Waals surface area contributed by atoms with E-state index in [9.17, 15) is 4.79 Å². The first-order chi connectivity index (χ1) is 5.88. The van der Waals surface area contributed by atoms with Gasteiger partial charge in [0, 0.05) is 13.7 Å². The average Bonchev–Trinajstić information content (AvgIpc) is 2.50. The molecule has 1 aliphatic heterocycles. The van der Waals surface area contributed by atoms with Gasteiger partial charge < -0.3 is 4.74 Å². The van der Waals surface area contributed by atoms with Gasteiger partial charge in [0.05, 0.1) is 18.9 Å². The zero-order valence-electron chi connectivity index (χ0n) is 7.27. The summed E-state index contributed by atoms with van der Waals surface area (Å²) in [4.78, 5) is 10.0. The van der Waals surface area contributed by atoms with Gasteiger partial charge in [-0.3, -0.25) is 9.80 Å². The van der Waals surface area contributed by atoms with Crippen LogP contribution in [0.2, 0.25) is 0 Å². The quantitative estimate of drug-likeness (QED) is 0.449. The Morgan fingerprint density at radius 2 is 2.58 bits per heavy atom. The number of rotatable bonds is 4. The highest BCUT2D eigenvalue weighted by Gasteiger charge is 2.22. The number of methoxy groups -OCH3 is 1. The van der Waals surface area contributed by atoms with E-state index in [-0.39, 0.29) is 0 Å². The van der Waals surface area contributed by atoms with Gasteiger partial charge in [-0.25, -0.2) is 0 Å². The Morgan fingerprint density at radius 1 is 1.75 bits per heavy atom. The molecule has 0 aromatic heterocycles. The molecule has 1 aliphatic rings. The predicted molar refractivity (Wildman–Crippen MR) is 46.2 cm³/mol. The molecule has 0 aliphatic carbocycles. The lowest BCUT2D eigenvalue weighted by atomic mass is 10.2. The summed E-state index contributed by atoms with van der Waals surface area (Å²) in [5.41, 5.74) is 0. The van der Waals surface area contributed by atoms with Crippen LogP contribution in [0, 0.1) is 0 Å². The van der Waals surface area contributed by atoms with E-state index in [4.69, 9.17) is 4.74 Å². The molecule has 1 unspecified atom stereocenters. The molecule has 0 aromatic rings. The Morgan fingerprint density at radius 3 is 3.25 bits per heavy atom. The zero-order chi connectivity index (χ0) is 8.81. The molecular formula is C8H14N2O2. The van der Waals surface area contributed by atoms with Crippen molar-refractivity contribution in [1.29, 1.82) is 0 Å². The Balaban J connectivity index is 2.40. The third kappa shape index (κ3) is 2.30. The highest BCUT2D eigenvalue weighted by Crippen LogP contribution is 2.16. The number of ether oxygens (including phenoxy) is 1. The van der Waals surface area contributed by atoms with Crippen molar-refractivity contribution in [1.82, 2.24) is 5.01 Å². The van der Waals surface area contributed by atoms with E-state index in [1.54, 1.807) is 7.11 Å². The van der Waals surface area contributed by atoms with Crippen LogP contribution in [0.25, 0.3) is 0 Å². The van der Waals surface area contributed by atoms with Crippen molar-refractivity contribution in [2.75, 3.05) is 20.3 Å². The van der Waals surface area contributed by atoms with Gasteiger partial charge in [-0.05, 0) is 12.8 Å². The topological polar surface area (TPSA) is 41.9 Å². The summed E-state index contributed by atoms with van der Waals surface area (Å²) in [7, 11) is 1.68. The van der Waals surface area contributed by atoms with E-state index in [1.165, 1.54) is 6.21 Å². The smallest absolute Gasteiger partial charge is 0.162 e. The van der Waals surface area contributed by atoms with Crippen molar-refractivity contribution in [2.45, 2.75) is 18.9 Å². The third-order valence-electron chi connectivity index (χ3n) is 1.98. The lowest BCUT2D eigenvalue weighted by molar-refractivity contribution is -0.102. The van der Waals surface area contributed by atoms with Crippen LogP contribution in [0.3, 0.4) is 0 Å². The lowest BCUT2D eigenvalue weighted by Gasteiger charge is -2.19. The van der Waals surface area contributed by atoms with Crippen molar-refractivity contribution < 1.29 is 9.53 Å². The van der Waals surface area contributed by atoms with Crippen LogP contribution in [0.1, 0.15) is 12.8 Å². The summed E-state index contributed by atoms with van der Waals surface area (Å²) in [6.45, 7) is 1.62. The number of aldehydes is 1. The highest BCUT2D eigenvalue weighted by atomic mass is 16.5. The molecular weight excluding hydrogens is 156 g/mol. The summed E-state index contributed by atoms with van der Waals surface area (Å²) in [6, 6.07) is 0.353. The fourth-order valence-electron chi connectivity index (χ4n) is 1.45. The second-order valence-corrected chi connectivity index (χ2v) is 2.82. The Kier molecular flexibility index (Phi) is 3.73. The summed E-state index contributed by atoms with van der Waals surface area (Å²) < 4.78 is 5.03. The number of hydrogen-bond acceptors (Lipinski definition) is 4. The highest BCUT2D eigenvalue weighted by molar-refractivity contribution is 6.12. The maximum Gasteiger partial charge on any atom is 0.162 e. The molecule has 1 rings (SSSR count). The Labute approximate surface area is 72.2 Å². The molecule has 0 spiro atoms. The maximum atomic E-state index is 10.0. The summed E-state index contributed by atoms with van der Waals surface area (Å²) in [6.07, 6.45) is 4.21. The Bertz CT molecular complexity index is 170.